The molecule has 144 valence electrons. The summed E-state index contributed by atoms with van der Waals surface area (Å²) in [6.45, 7) is 8.64. The molecule has 1 aliphatic heterocycles. The van der Waals surface area contributed by atoms with Crippen LogP contribution in [0, 0.1) is 5.41 Å². The maximum atomic E-state index is 12.9. The van der Waals surface area contributed by atoms with Crippen molar-refractivity contribution in [1.29, 1.82) is 0 Å². The van der Waals surface area contributed by atoms with Gasteiger partial charge in [0.15, 0.2) is 0 Å². The number of nitrogens with one attached hydrogen (secondary N) is 1. The van der Waals surface area contributed by atoms with Gasteiger partial charge >= 0.3 is 0 Å². The van der Waals surface area contributed by atoms with Crippen molar-refractivity contribution < 1.29 is 9.59 Å². The van der Waals surface area contributed by atoms with Crippen LogP contribution in [0.1, 0.15) is 19.4 Å². The molecule has 1 aliphatic rings. The first-order chi connectivity index (χ1) is 12.3. The maximum Gasteiger partial charge on any atom is 0.237 e. The highest BCUT2D eigenvalue weighted by atomic mass is 16.2. The Labute approximate surface area is 157 Å². The van der Waals surface area contributed by atoms with Gasteiger partial charge in [-0.1, -0.05) is 30.3 Å². The van der Waals surface area contributed by atoms with E-state index in [1.54, 1.807) is 13.8 Å². The van der Waals surface area contributed by atoms with E-state index in [9.17, 15) is 9.59 Å². The summed E-state index contributed by atoms with van der Waals surface area (Å²) in [5.74, 6) is -0.282. The summed E-state index contributed by atoms with van der Waals surface area (Å²) in [5, 5.41) is 2.88. The molecule has 0 saturated carbocycles. The van der Waals surface area contributed by atoms with Crippen LogP contribution in [0.4, 0.5) is 0 Å². The molecule has 0 radical (unpaired) electrons. The lowest BCUT2D eigenvalue weighted by Crippen LogP contribution is -2.55. The predicted octanol–water partition coefficient (Wildman–Crippen LogP) is 1.03. The Bertz CT molecular complexity index is 593. The number of hydrogen-bond donors (Lipinski definition) is 1. The third-order valence-electron chi connectivity index (χ3n) is 4.86. The smallest absolute Gasteiger partial charge is 0.237 e. The third kappa shape index (κ3) is 5.54. The van der Waals surface area contributed by atoms with Crippen molar-refractivity contribution >= 4 is 11.8 Å². The van der Waals surface area contributed by atoms with Crippen LogP contribution in [0.5, 0.6) is 0 Å². The van der Waals surface area contributed by atoms with Crippen LogP contribution < -0.4 is 5.32 Å². The zero-order valence-corrected chi connectivity index (χ0v) is 16.5. The van der Waals surface area contributed by atoms with Gasteiger partial charge in [-0.3, -0.25) is 14.5 Å². The van der Waals surface area contributed by atoms with Gasteiger partial charge in [0.05, 0.1) is 0 Å². The molecule has 26 heavy (non-hydrogen) atoms. The molecule has 0 spiro atoms. The van der Waals surface area contributed by atoms with E-state index in [-0.39, 0.29) is 11.8 Å². The summed E-state index contributed by atoms with van der Waals surface area (Å²) < 4.78 is 0. The molecule has 1 N–H and O–H groups in total. The Morgan fingerprint density at radius 1 is 1.08 bits per heavy atom. The first-order valence-electron chi connectivity index (χ1n) is 9.29. The first-order valence-corrected chi connectivity index (χ1v) is 9.29. The number of hydrogen-bond acceptors (Lipinski definition) is 4. The van der Waals surface area contributed by atoms with Crippen molar-refractivity contribution in [3.63, 3.8) is 0 Å². The minimum absolute atomic E-state index is 0.0841. The summed E-state index contributed by atoms with van der Waals surface area (Å²) >= 11 is 0. The molecule has 1 fully saturated rings. The van der Waals surface area contributed by atoms with Crippen LogP contribution in [0.3, 0.4) is 0 Å². The summed E-state index contributed by atoms with van der Waals surface area (Å²) in [6, 6.07) is 10.4. The van der Waals surface area contributed by atoms with Crippen LogP contribution in [-0.4, -0.2) is 79.9 Å². The standard InChI is InChI=1S/C20H32N4O2/c1-20(2,18(25)21-10-11-22(3)4)19(26)24-14-12-23(13-15-24)16-17-8-6-5-7-9-17/h5-9H,10-16H2,1-4H3,(H,21,25). The molecule has 1 saturated heterocycles. The predicted molar refractivity (Wildman–Crippen MR) is 104 cm³/mol. The third-order valence-corrected chi connectivity index (χ3v) is 4.86. The molecule has 6 heteroatoms. The fourth-order valence-electron chi connectivity index (χ4n) is 3.06. The van der Waals surface area contributed by atoms with Gasteiger partial charge in [0.25, 0.3) is 0 Å². The van der Waals surface area contributed by atoms with Crippen LogP contribution in [0.25, 0.3) is 0 Å². The summed E-state index contributed by atoms with van der Waals surface area (Å²) in [5.41, 5.74) is 0.251. The lowest BCUT2D eigenvalue weighted by atomic mass is 9.90. The monoisotopic (exact) mass is 360 g/mol. The number of piperazine rings is 1. The molecule has 0 aliphatic carbocycles. The molecule has 0 unspecified atom stereocenters. The van der Waals surface area contributed by atoms with Gasteiger partial charge in [0, 0.05) is 45.8 Å². The molecular weight excluding hydrogens is 328 g/mol. The van der Waals surface area contributed by atoms with E-state index >= 15 is 0 Å². The van der Waals surface area contributed by atoms with Gasteiger partial charge in [0.1, 0.15) is 5.41 Å². The molecule has 0 aromatic heterocycles. The van der Waals surface area contributed by atoms with Crippen molar-refractivity contribution in [3.8, 4) is 0 Å². The van der Waals surface area contributed by atoms with E-state index in [0.717, 1.165) is 26.2 Å². The number of rotatable bonds is 7. The lowest BCUT2D eigenvalue weighted by Gasteiger charge is -2.38. The van der Waals surface area contributed by atoms with Crippen molar-refractivity contribution in [2.45, 2.75) is 20.4 Å². The summed E-state index contributed by atoms with van der Waals surface area (Å²) in [6.07, 6.45) is 0. The van der Waals surface area contributed by atoms with E-state index < -0.39 is 5.41 Å². The zero-order valence-electron chi connectivity index (χ0n) is 16.5. The van der Waals surface area contributed by atoms with Gasteiger partial charge in [-0.2, -0.15) is 0 Å². The van der Waals surface area contributed by atoms with E-state index in [0.29, 0.717) is 19.6 Å². The number of benzene rings is 1. The van der Waals surface area contributed by atoms with Crippen LogP contribution in [-0.2, 0) is 16.1 Å². The normalized spacial score (nSPS) is 16.0. The number of likely N-dealkylation sites (N-methyl/N-ethyl adjacent to an activating group) is 1. The average Bonchev–Trinajstić information content (AvgIpc) is 2.62. The van der Waals surface area contributed by atoms with Crippen molar-refractivity contribution in [1.82, 2.24) is 20.0 Å². The highest BCUT2D eigenvalue weighted by Gasteiger charge is 2.39. The summed E-state index contributed by atoms with van der Waals surface area (Å²) in [7, 11) is 3.91. The highest BCUT2D eigenvalue weighted by molar-refractivity contribution is 6.04. The largest absolute Gasteiger partial charge is 0.354 e. The van der Waals surface area contributed by atoms with Gasteiger partial charge in [0.2, 0.25) is 11.8 Å². The summed E-state index contributed by atoms with van der Waals surface area (Å²) in [4.78, 5) is 31.5. The minimum Gasteiger partial charge on any atom is -0.354 e. The molecule has 0 atom stereocenters. The maximum absolute atomic E-state index is 12.9. The Kier molecular flexibility index (Phi) is 7.17. The second-order valence-corrected chi connectivity index (χ2v) is 7.74. The Morgan fingerprint density at radius 3 is 2.27 bits per heavy atom. The molecule has 1 aromatic carbocycles. The van der Waals surface area contributed by atoms with Crippen LogP contribution in [0.15, 0.2) is 30.3 Å². The molecule has 1 heterocycles. The van der Waals surface area contributed by atoms with Gasteiger partial charge < -0.3 is 15.1 Å². The molecular formula is C20H32N4O2. The Hall–Kier alpha value is -1.92. The van der Waals surface area contributed by atoms with Gasteiger partial charge in [-0.15, -0.1) is 0 Å². The topological polar surface area (TPSA) is 55.9 Å². The zero-order chi connectivity index (χ0) is 19.2. The van der Waals surface area contributed by atoms with Crippen molar-refractivity contribution in [2.75, 3.05) is 53.4 Å². The van der Waals surface area contributed by atoms with Crippen LogP contribution >= 0.6 is 0 Å². The van der Waals surface area contributed by atoms with Gasteiger partial charge in [-0.05, 0) is 33.5 Å². The molecule has 2 amide bonds. The van der Waals surface area contributed by atoms with Crippen LogP contribution in [0.2, 0.25) is 0 Å². The first kappa shape index (κ1) is 20.4. The lowest BCUT2D eigenvalue weighted by molar-refractivity contribution is -0.149. The van der Waals surface area contributed by atoms with E-state index in [1.165, 1.54) is 5.56 Å². The Balaban J connectivity index is 1.83. The van der Waals surface area contributed by atoms with E-state index in [1.807, 2.05) is 42.1 Å². The highest BCUT2D eigenvalue weighted by Crippen LogP contribution is 2.21. The SMILES string of the molecule is CN(C)CCNC(=O)C(C)(C)C(=O)N1CCN(Cc2ccccc2)CC1. The van der Waals surface area contributed by atoms with Crippen molar-refractivity contribution in [3.05, 3.63) is 35.9 Å². The molecule has 6 nitrogen and oxygen atoms in total. The quantitative estimate of drug-likeness (QED) is 0.738. The van der Waals surface area contributed by atoms with E-state index in [2.05, 4.69) is 22.3 Å². The van der Waals surface area contributed by atoms with Crippen molar-refractivity contribution in [2.24, 2.45) is 5.41 Å². The molecule has 1 aromatic rings. The Morgan fingerprint density at radius 2 is 1.69 bits per heavy atom. The average molecular weight is 361 g/mol. The number of carbonyl (C=O) groups is 2. The van der Waals surface area contributed by atoms with E-state index in [4.69, 9.17) is 0 Å². The number of carbonyl (C=O) groups excluding carboxylic acids is 2. The second-order valence-electron chi connectivity index (χ2n) is 7.74. The molecule has 0 bridgehead atoms. The fourth-order valence-corrected chi connectivity index (χ4v) is 3.06. The number of amides is 2. The second kappa shape index (κ2) is 9.14. The fraction of sp³-hybridized carbons (Fsp3) is 0.600. The van der Waals surface area contributed by atoms with Gasteiger partial charge in [-0.25, -0.2) is 0 Å². The number of nitrogens with zero attached hydrogens (tertiary/aromatic N) is 3. The minimum atomic E-state index is -1.03. The molecule has 2 rings (SSSR count).